The fourth-order valence-corrected chi connectivity index (χ4v) is 1.44. The molecule has 0 fully saturated rings. The summed E-state index contributed by atoms with van der Waals surface area (Å²) in [6.45, 7) is 1.30. The topological polar surface area (TPSA) is 52.6 Å². The minimum Gasteiger partial charge on any atom is -0.480 e. The fraction of sp³-hybridized carbons (Fsp3) is 0.417. The van der Waals surface area contributed by atoms with Crippen molar-refractivity contribution in [3.05, 3.63) is 35.6 Å². The first-order valence-corrected chi connectivity index (χ1v) is 5.37. The predicted octanol–water partition coefficient (Wildman–Crippen LogP) is 1.10. The van der Waals surface area contributed by atoms with E-state index < -0.39 is 12.0 Å². The van der Waals surface area contributed by atoms with E-state index >= 15 is 0 Å². The first-order chi connectivity index (χ1) is 8.00. The Bertz CT molecular complexity index is 365. The van der Waals surface area contributed by atoms with E-state index in [0.717, 1.165) is 6.54 Å². The first-order valence-electron chi connectivity index (χ1n) is 5.37. The molecule has 17 heavy (non-hydrogen) atoms. The molecule has 1 aromatic rings. The summed E-state index contributed by atoms with van der Waals surface area (Å²) >= 11 is 0. The van der Waals surface area contributed by atoms with Crippen LogP contribution in [-0.2, 0) is 4.79 Å². The summed E-state index contributed by atoms with van der Waals surface area (Å²) < 4.78 is 12.7. The maximum atomic E-state index is 12.7. The largest absolute Gasteiger partial charge is 0.480 e. The van der Waals surface area contributed by atoms with Crippen LogP contribution in [0, 0.1) is 5.82 Å². The molecule has 0 bridgehead atoms. The van der Waals surface area contributed by atoms with Crippen LogP contribution < -0.4 is 5.32 Å². The van der Waals surface area contributed by atoms with Gasteiger partial charge in [-0.2, -0.15) is 0 Å². The average molecular weight is 240 g/mol. The quantitative estimate of drug-likeness (QED) is 0.782. The number of nitrogens with one attached hydrogen (secondary N) is 1. The van der Waals surface area contributed by atoms with Crippen LogP contribution >= 0.6 is 0 Å². The molecule has 0 aliphatic carbocycles. The Hall–Kier alpha value is -1.46. The van der Waals surface area contributed by atoms with Crippen LogP contribution in [0.5, 0.6) is 0 Å². The second-order valence-electron chi connectivity index (χ2n) is 4.08. The Morgan fingerprint density at radius 3 is 2.47 bits per heavy atom. The monoisotopic (exact) mass is 240 g/mol. The van der Waals surface area contributed by atoms with Crippen molar-refractivity contribution in [2.75, 3.05) is 27.2 Å². The fourth-order valence-electron chi connectivity index (χ4n) is 1.44. The molecule has 0 spiro atoms. The number of likely N-dealkylation sites (N-methyl/N-ethyl adjacent to an activating group) is 1. The van der Waals surface area contributed by atoms with Crippen LogP contribution in [0.15, 0.2) is 24.3 Å². The van der Waals surface area contributed by atoms with Crippen LogP contribution in [0.3, 0.4) is 0 Å². The van der Waals surface area contributed by atoms with Crippen LogP contribution in [0.1, 0.15) is 11.6 Å². The molecule has 0 aliphatic heterocycles. The van der Waals surface area contributed by atoms with Crippen molar-refractivity contribution < 1.29 is 14.3 Å². The minimum atomic E-state index is -0.963. The second-order valence-corrected chi connectivity index (χ2v) is 4.08. The van der Waals surface area contributed by atoms with E-state index in [2.05, 4.69) is 5.32 Å². The molecule has 5 heteroatoms. The molecule has 4 nitrogen and oxygen atoms in total. The second kappa shape index (κ2) is 6.32. The van der Waals surface area contributed by atoms with Gasteiger partial charge in [0.15, 0.2) is 0 Å². The molecule has 94 valence electrons. The van der Waals surface area contributed by atoms with Gasteiger partial charge in [-0.1, -0.05) is 12.1 Å². The summed E-state index contributed by atoms with van der Waals surface area (Å²) in [7, 11) is 3.82. The summed E-state index contributed by atoms with van der Waals surface area (Å²) in [5.74, 6) is -1.33. The lowest BCUT2D eigenvalue weighted by atomic mass is 10.1. The van der Waals surface area contributed by atoms with Gasteiger partial charge < -0.3 is 10.0 Å². The first kappa shape index (κ1) is 13.6. The minimum absolute atomic E-state index is 0.369. The standard InChI is InChI=1S/C12H17FN2O2/c1-15(2)8-7-14-11(12(16)17)9-3-5-10(13)6-4-9/h3-6,11,14H,7-8H2,1-2H3,(H,16,17). The zero-order valence-corrected chi connectivity index (χ0v) is 9.98. The molecule has 1 unspecified atom stereocenters. The molecule has 0 radical (unpaired) electrons. The molecule has 0 saturated heterocycles. The van der Waals surface area contributed by atoms with Crippen molar-refractivity contribution in [3.8, 4) is 0 Å². The van der Waals surface area contributed by atoms with Crippen LogP contribution in [-0.4, -0.2) is 43.2 Å². The summed E-state index contributed by atoms with van der Waals surface area (Å²) in [6, 6.07) is 4.70. The zero-order chi connectivity index (χ0) is 12.8. The number of hydrogen-bond donors (Lipinski definition) is 2. The highest BCUT2D eigenvalue weighted by atomic mass is 19.1. The SMILES string of the molecule is CN(C)CCNC(C(=O)O)c1ccc(F)cc1. The summed E-state index contributed by atoms with van der Waals surface area (Å²) in [6.07, 6.45) is 0. The summed E-state index contributed by atoms with van der Waals surface area (Å²) in [5.41, 5.74) is 0.553. The lowest BCUT2D eigenvalue weighted by Gasteiger charge is -2.16. The van der Waals surface area contributed by atoms with Gasteiger partial charge in [0.1, 0.15) is 11.9 Å². The number of nitrogens with zero attached hydrogens (tertiary/aromatic N) is 1. The van der Waals surface area contributed by atoms with E-state index in [1.165, 1.54) is 24.3 Å². The third-order valence-electron chi connectivity index (χ3n) is 2.36. The molecule has 0 saturated carbocycles. The number of aliphatic carboxylic acids is 1. The van der Waals surface area contributed by atoms with Crippen molar-refractivity contribution in [2.24, 2.45) is 0 Å². The number of halogens is 1. The third kappa shape index (κ3) is 4.50. The lowest BCUT2D eigenvalue weighted by Crippen LogP contribution is -2.33. The van der Waals surface area contributed by atoms with Gasteiger partial charge in [0.2, 0.25) is 0 Å². The van der Waals surface area contributed by atoms with Gasteiger partial charge >= 0.3 is 5.97 Å². The number of benzene rings is 1. The van der Waals surface area contributed by atoms with E-state index in [9.17, 15) is 9.18 Å². The van der Waals surface area contributed by atoms with Crippen molar-refractivity contribution in [1.82, 2.24) is 10.2 Å². The number of carboxylic acid groups (broad SMARTS) is 1. The van der Waals surface area contributed by atoms with Gasteiger partial charge in [-0.05, 0) is 31.8 Å². The van der Waals surface area contributed by atoms with Crippen LogP contribution in [0.4, 0.5) is 4.39 Å². The number of hydrogen-bond acceptors (Lipinski definition) is 3. The van der Waals surface area contributed by atoms with Gasteiger partial charge in [-0.3, -0.25) is 10.1 Å². The molecule has 0 amide bonds. The maximum Gasteiger partial charge on any atom is 0.325 e. The molecule has 0 heterocycles. The molecule has 0 aromatic heterocycles. The number of rotatable bonds is 6. The highest BCUT2D eigenvalue weighted by molar-refractivity contribution is 5.75. The third-order valence-corrected chi connectivity index (χ3v) is 2.36. The van der Waals surface area contributed by atoms with Crippen molar-refractivity contribution in [3.63, 3.8) is 0 Å². The molecular weight excluding hydrogens is 223 g/mol. The van der Waals surface area contributed by atoms with Crippen molar-refractivity contribution >= 4 is 5.97 Å². The van der Waals surface area contributed by atoms with E-state index in [0.29, 0.717) is 12.1 Å². The highest BCUT2D eigenvalue weighted by Gasteiger charge is 2.18. The van der Waals surface area contributed by atoms with Gasteiger partial charge in [-0.15, -0.1) is 0 Å². The molecular formula is C12H17FN2O2. The van der Waals surface area contributed by atoms with Crippen LogP contribution in [0.25, 0.3) is 0 Å². The van der Waals surface area contributed by atoms with E-state index in [1.807, 2.05) is 19.0 Å². The number of carboxylic acids is 1. The van der Waals surface area contributed by atoms with E-state index in [4.69, 9.17) is 5.11 Å². The maximum absolute atomic E-state index is 12.7. The summed E-state index contributed by atoms with van der Waals surface area (Å²) in [5, 5.41) is 12.0. The Morgan fingerprint density at radius 1 is 1.41 bits per heavy atom. The normalized spacial score (nSPS) is 12.7. The van der Waals surface area contributed by atoms with Gasteiger partial charge in [0.05, 0.1) is 0 Å². The van der Waals surface area contributed by atoms with Gasteiger partial charge in [-0.25, -0.2) is 4.39 Å². The Kier molecular flexibility index (Phi) is 5.06. The van der Waals surface area contributed by atoms with Crippen LogP contribution in [0.2, 0.25) is 0 Å². The van der Waals surface area contributed by atoms with Gasteiger partial charge in [0.25, 0.3) is 0 Å². The Morgan fingerprint density at radius 2 is 2.00 bits per heavy atom. The van der Waals surface area contributed by atoms with E-state index in [1.54, 1.807) is 0 Å². The predicted molar refractivity (Wildman–Crippen MR) is 63.3 cm³/mol. The van der Waals surface area contributed by atoms with Gasteiger partial charge in [0, 0.05) is 13.1 Å². The number of carbonyl (C=O) groups is 1. The molecule has 1 aromatic carbocycles. The summed E-state index contributed by atoms with van der Waals surface area (Å²) in [4.78, 5) is 13.0. The molecule has 2 N–H and O–H groups in total. The smallest absolute Gasteiger partial charge is 0.325 e. The Balaban J connectivity index is 2.66. The zero-order valence-electron chi connectivity index (χ0n) is 9.98. The average Bonchev–Trinajstić information content (AvgIpc) is 2.25. The molecule has 1 rings (SSSR count). The van der Waals surface area contributed by atoms with Crippen molar-refractivity contribution in [2.45, 2.75) is 6.04 Å². The molecule has 1 atom stereocenters. The highest BCUT2D eigenvalue weighted by Crippen LogP contribution is 2.13. The molecule has 0 aliphatic rings. The van der Waals surface area contributed by atoms with E-state index in [-0.39, 0.29) is 5.82 Å². The Labute approximate surface area is 100 Å². The van der Waals surface area contributed by atoms with Crippen molar-refractivity contribution in [1.29, 1.82) is 0 Å². The lowest BCUT2D eigenvalue weighted by molar-refractivity contribution is -0.139.